The molecular weight excluding hydrogens is 326 g/mol. The third-order valence-electron chi connectivity index (χ3n) is 3.73. The average Bonchev–Trinajstić information content (AvgIpc) is 2.31. The number of aryl methyl sites for hydroxylation is 1. The summed E-state index contributed by atoms with van der Waals surface area (Å²) >= 11 is 9.21. The fraction of sp³-hybridized carbons (Fsp3) is 0.533. The SMILES string of the molecule is Cc1cc(Br)ccc1C(=O)N(CCCCl)C1CCC1. The third kappa shape index (κ3) is 3.51. The number of halogens is 2. The lowest BCUT2D eigenvalue weighted by molar-refractivity contribution is 0.0580. The van der Waals surface area contributed by atoms with E-state index in [1.807, 2.05) is 30.0 Å². The second kappa shape index (κ2) is 6.76. The molecule has 1 aliphatic carbocycles. The zero-order valence-electron chi connectivity index (χ0n) is 11.2. The fourth-order valence-electron chi connectivity index (χ4n) is 2.40. The van der Waals surface area contributed by atoms with E-state index in [9.17, 15) is 4.79 Å². The van der Waals surface area contributed by atoms with Crippen LogP contribution >= 0.6 is 27.5 Å². The van der Waals surface area contributed by atoms with Crippen molar-refractivity contribution < 1.29 is 4.79 Å². The van der Waals surface area contributed by atoms with Crippen LogP contribution in [0, 0.1) is 6.92 Å². The molecule has 0 unspecified atom stereocenters. The van der Waals surface area contributed by atoms with Crippen molar-refractivity contribution in [1.82, 2.24) is 4.90 Å². The Morgan fingerprint density at radius 3 is 2.74 bits per heavy atom. The molecule has 0 heterocycles. The lowest BCUT2D eigenvalue weighted by Gasteiger charge is -2.38. The van der Waals surface area contributed by atoms with Crippen LogP contribution in [0.2, 0.25) is 0 Å². The summed E-state index contributed by atoms with van der Waals surface area (Å²) in [5.74, 6) is 0.760. The van der Waals surface area contributed by atoms with Gasteiger partial charge in [0.15, 0.2) is 0 Å². The Morgan fingerprint density at radius 1 is 1.47 bits per heavy atom. The fourth-order valence-corrected chi connectivity index (χ4v) is 3.00. The first-order valence-corrected chi connectivity index (χ1v) is 8.09. The number of nitrogens with zero attached hydrogens (tertiary/aromatic N) is 1. The van der Waals surface area contributed by atoms with Crippen LogP contribution in [0.15, 0.2) is 22.7 Å². The van der Waals surface area contributed by atoms with Crippen LogP contribution in [0.3, 0.4) is 0 Å². The second-order valence-corrected chi connectivity index (χ2v) is 6.38. The van der Waals surface area contributed by atoms with Gasteiger partial charge < -0.3 is 4.90 Å². The molecule has 0 bridgehead atoms. The molecule has 1 saturated carbocycles. The zero-order chi connectivity index (χ0) is 13.8. The molecule has 0 aliphatic heterocycles. The van der Waals surface area contributed by atoms with E-state index in [2.05, 4.69) is 15.9 Å². The summed E-state index contributed by atoms with van der Waals surface area (Å²) < 4.78 is 1.01. The Balaban J connectivity index is 2.17. The van der Waals surface area contributed by atoms with Gasteiger partial charge in [-0.3, -0.25) is 4.79 Å². The Labute approximate surface area is 128 Å². The lowest BCUT2D eigenvalue weighted by atomic mass is 9.90. The number of hydrogen-bond acceptors (Lipinski definition) is 1. The van der Waals surface area contributed by atoms with Gasteiger partial charge in [0.25, 0.3) is 5.91 Å². The van der Waals surface area contributed by atoms with Gasteiger partial charge in [-0.2, -0.15) is 0 Å². The van der Waals surface area contributed by atoms with Crippen LogP contribution in [0.25, 0.3) is 0 Å². The molecule has 1 aromatic carbocycles. The number of benzene rings is 1. The van der Waals surface area contributed by atoms with Crippen molar-refractivity contribution in [2.24, 2.45) is 0 Å². The summed E-state index contributed by atoms with van der Waals surface area (Å²) in [6, 6.07) is 6.25. The Morgan fingerprint density at radius 2 is 2.21 bits per heavy atom. The van der Waals surface area contributed by atoms with E-state index < -0.39 is 0 Å². The molecule has 1 aliphatic rings. The normalized spacial score (nSPS) is 15.1. The first-order chi connectivity index (χ1) is 9.13. The minimum atomic E-state index is 0.153. The summed E-state index contributed by atoms with van der Waals surface area (Å²) in [6.07, 6.45) is 4.35. The predicted octanol–water partition coefficient (Wildman–Crippen LogP) is 4.38. The van der Waals surface area contributed by atoms with Crippen molar-refractivity contribution in [3.05, 3.63) is 33.8 Å². The molecule has 0 atom stereocenters. The lowest BCUT2D eigenvalue weighted by Crippen LogP contribution is -2.45. The van der Waals surface area contributed by atoms with Gasteiger partial charge in [0.2, 0.25) is 0 Å². The Kier molecular flexibility index (Phi) is 5.28. The minimum Gasteiger partial charge on any atom is -0.336 e. The molecule has 4 heteroatoms. The van der Waals surface area contributed by atoms with Crippen molar-refractivity contribution in [2.45, 2.75) is 38.6 Å². The van der Waals surface area contributed by atoms with Crippen LogP contribution in [0.1, 0.15) is 41.6 Å². The molecule has 1 aromatic rings. The maximum Gasteiger partial charge on any atom is 0.254 e. The molecule has 1 fully saturated rings. The largest absolute Gasteiger partial charge is 0.336 e. The highest BCUT2D eigenvalue weighted by atomic mass is 79.9. The van der Waals surface area contributed by atoms with Crippen molar-refractivity contribution >= 4 is 33.4 Å². The monoisotopic (exact) mass is 343 g/mol. The van der Waals surface area contributed by atoms with Gasteiger partial charge in [-0.15, -0.1) is 11.6 Å². The maximum absolute atomic E-state index is 12.7. The molecule has 104 valence electrons. The first-order valence-electron chi connectivity index (χ1n) is 6.76. The predicted molar refractivity (Wildman–Crippen MR) is 82.9 cm³/mol. The van der Waals surface area contributed by atoms with Crippen LogP contribution in [-0.2, 0) is 0 Å². The third-order valence-corrected chi connectivity index (χ3v) is 4.49. The van der Waals surface area contributed by atoms with Crippen LogP contribution < -0.4 is 0 Å². The molecular formula is C15H19BrClNO. The standard InChI is InChI=1S/C15H19BrClNO/c1-11-10-12(16)6-7-14(11)15(19)18(9-3-8-17)13-4-2-5-13/h6-7,10,13H,2-5,8-9H2,1H3. The van der Waals surface area contributed by atoms with Gasteiger partial charge in [-0.25, -0.2) is 0 Å². The maximum atomic E-state index is 12.7. The highest BCUT2D eigenvalue weighted by Gasteiger charge is 2.29. The van der Waals surface area contributed by atoms with E-state index in [-0.39, 0.29) is 5.91 Å². The Bertz CT molecular complexity index is 459. The number of amides is 1. The second-order valence-electron chi connectivity index (χ2n) is 5.09. The van der Waals surface area contributed by atoms with Gasteiger partial charge in [-0.1, -0.05) is 15.9 Å². The van der Waals surface area contributed by atoms with Crippen molar-refractivity contribution in [1.29, 1.82) is 0 Å². The number of carbonyl (C=O) groups is 1. The van der Waals surface area contributed by atoms with Crippen molar-refractivity contribution in [3.8, 4) is 0 Å². The number of carbonyl (C=O) groups excluding carboxylic acids is 1. The Hall–Kier alpha value is -0.540. The van der Waals surface area contributed by atoms with Crippen LogP contribution in [0.4, 0.5) is 0 Å². The van der Waals surface area contributed by atoms with E-state index in [1.165, 1.54) is 6.42 Å². The number of hydrogen-bond donors (Lipinski definition) is 0. The van der Waals surface area contributed by atoms with Gasteiger partial charge >= 0.3 is 0 Å². The first kappa shape index (κ1) is 14.9. The van der Waals surface area contributed by atoms with Gasteiger partial charge in [0.05, 0.1) is 0 Å². The van der Waals surface area contributed by atoms with E-state index in [0.29, 0.717) is 11.9 Å². The summed E-state index contributed by atoms with van der Waals surface area (Å²) in [7, 11) is 0. The number of rotatable bonds is 5. The van der Waals surface area contributed by atoms with Gasteiger partial charge in [0.1, 0.15) is 0 Å². The highest BCUT2D eigenvalue weighted by Crippen LogP contribution is 2.27. The molecule has 1 amide bonds. The molecule has 0 N–H and O–H groups in total. The molecule has 0 aromatic heterocycles. The summed E-state index contributed by atoms with van der Waals surface area (Å²) in [5, 5.41) is 0. The van der Waals surface area contributed by atoms with Crippen LogP contribution in [-0.4, -0.2) is 29.3 Å². The van der Waals surface area contributed by atoms with E-state index >= 15 is 0 Å². The quantitative estimate of drug-likeness (QED) is 0.726. The molecule has 0 radical (unpaired) electrons. The zero-order valence-corrected chi connectivity index (χ0v) is 13.5. The molecule has 2 rings (SSSR count). The van der Waals surface area contributed by atoms with Crippen molar-refractivity contribution in [3.63, 3.8) is 0 Å². The summed E-state index contributed by atoms with van der Waals surface area (Å²) in [6.45, 7) is 2.75. The smallest absolute Gasteiger partial charge is 0.254 e. The summed E-state index contributed by atoms with van der Waals surface area (Å²) in [4.78, 5) is 14.7. The minimum absolute atomic E-state index is 0.153. The van der Waals surface area contributed by atoms with Crippen molar-refractivity contribution in [2.75, 3.05) is 12.4 Å². The summed E-state index contributed by atoms with van der Waals surface area (Å²) in [5.41, 5.74) is 1.83. The highest BCUT2D eigenvalue weighted by molar-refractivity contribution is 9.10. The molecule has 0 saturated heterocycles. The number of alkyl halides is 1. The average molecular weight is 345 g/mol. The van der Waals surface area contributed by atoms with E-state index in [1.54, 1.807) is 0 Å². The van der Waals surface area contributed by atoms with Crippen LogP contribution in [0.5, 0.6) is 0 Å². The van der Waals surface area contributed by atoms with Gasteiger partial charge in [-0.05, 0) is 56.4 Å². The molecule has 0 spiro atoms. The van der Waals surface area contributed by atoms with E-state index in [4.69, 9.17) is 11.6 Å². The van der Waals surface area contributed by atoms with E-state index in [0.717, 1.165) is 41.4 Å². The van der Waals surface area contributed by atoms with Gasteiger partial charge in [0, 0.05) is 28.5 Å². The molecule has 19 heavy (non-hydrogen) atoms. The molecule has 2 nitrogen and oxygen atoms in total. The topological polar surface area (TPSA) is 20.3 Å².